The van der Waals surface area contributed by atoms with Crippen LogP contribution in [-0.2, 0) is 0 Å². The van der Waals surface area contributed by atoms with Gasteiger partial charge in [0.15, 0.2) is 0 Å². The second-order valence-corrected chi connectivity index (χ2v) is 5.13. The van der Waals surface area contributed by atoms with E-state index in [1.807, 2.05) is 6.92 Å². The summed E-state index contributed by atoms with van der Waals surface area (Å²) in [4.78, 5) is 2.40. The third kappa shape index (κ3) is 3.88. The molecule has 0 aromatic carbocycles. The topological polar surface area (TPSA) is 23.5 Å². The van der Waals surface area contributed by atoms with Gasteiger partial charge < -0.3 is 5.11 Å². The standard InChI is InChI=1S/C10H21NOS/c1-3-9(12)7-11-5-6-13-10(4-2)8-11/h9-10,12H,3-8H2,1-2H3. The van der Waals surface area contributed by atoms with Crippen molar-refractivity contribution in [2.45, 2.75) is 38.0 Å². The zero-order chi connectivity index (χ0) is 9.68. The number of rotatable bonds is 4. The van der Waals surface area contributed by atoms with Crippen LogP contribution in [0.2, 0.25) is 0 Å². The molecule has 1 rings (SSSR count). The summed E-state index contributed by atoms with van der Waals surface area (Å²) >= 11 is 2.08. The molecule has 0 amide bonds. The number of aliphatic hydroxyl groups excluding tert-OH is 1. The molecule has 3 heteroatoms. The van der Waals surface area contributed by atoms with Gasteiger partial charge in [-0.2, -0.15) is 11.8 Å². The highest BCUT2D eigenvalue weighted by Crippen LogP contribution is 2.21. The van der Waals surface area contributed by atoms with E-state index in [0.717, 1.165) is 31.3 Å². The van der Waals surface area contributed by atoms with Crippen LogP contribution in [0, 0.1) is 0 Å². The molecule has 0 spiro atoms. The number of β-amino-alcohol motifs (C(OH)–C–C–N with tert-alkyl or cyclic N) is 1. The van der Waals surface area contributed by atoms with Crippen LogP contribution in [0.15, 0.2) is 0 Å². The average molecular weight is 203 g/mol. The van der Waals surface area contributed by atoms with E-state index in [1.165, 1.54) is 12.2 Å². The molecule has 1 fully saturated rings. The van der Waals surface area contributed by atoms with E-state index in [0.29, 0.717) is 0 Å². The lowest BCUT2D eigenvalue weighted by molar-refractivity contribution is 0.111. The highest BCUT2D eigenvalue weighted by molar-refractivity contribution is 8.00. The summed E-state index contributed by atoms with van der Waals surface area (Å²) in [5.41, 5.74) is 0. The van der Waals surface area contributed by atoms with E-state index >= 15 is 0 Å². The van der Waals surface area contributed by atoms with E-state index in [9.17, 15) is 5.11 Å². The Morgan fingerprint density at radius 1 is 1.54 bits per heavy atom. The number of thioether (sulfide) groups is 1. The Balaban J connectivity index is 2.25. The number of hydrogen-bond acceptors (Lipinski definition) is 3. The Hall–Kier alpha value is 0.270. The van der Waals surface area contributed by atoms with Gasteiger partial charge in [-0.3, -0.25) is 4.90 Å². The molecule has 1 aliphatic heterocycles. The van der Waals surface area contributed by atoms with Crippen LogP contribution in [0.3, 0.4) is 0 Å². The van der Waals surface area contributed by atoms with Gasteiger partial charge in [0.25, 0.3) is 0 Å². The molecule has 2 nitrogen and oxygen atoms in total. The minimum absolute atomic E-state index is 0.124. The highest BCUT2D eigenvalue weighted by atomic mass is 32.2. The summed E-state index contributed by atoms with van der Waals surface area (Å²) in [7, 11) is 0. The summed E-state index contributed by atoms with van der Waals surface area (Å²) in [6, 6.07) is 0. The van der Waals surface area contributed by atoms with Gasteiger partial charge in [-0.1, -0.05) is 13.8 Å². The highest BCUT2D eigenvalue weighted by Gasteiger charge is 2.19. The zero-order valence-corrected chi connectivity index (χ0v) is 9.52. The molecule has 0 aliphatic carbocycles. The molecule has 1 saturated heterocycles. The Morgan fingerprint density at radius 2 is 2.31 bits per heavy atom. The van der Waals surface area contributed by atoms with Gasteiger partial charge in [-0.15, -0.1) is 0 Å². The molecule has 2 atom stereocenters. The largest absolute Gasteiger partial charge is 0.392 e. The lowest BCUT2D eigenvalue weighted by Crippen LogP contribution is -2.41. The lowest BCUT2D eigenvalue weighted by atomic mass is 10.2. The van der Waals surface area contributed by atoms with Crippen molar-refractivity contribution in [1.29, 1.82) is 0 Å². The fraction of sp³-hybridized carbons (Fsp3) is 1.00. The molecule has 0 saturated carbocycles. The molecule has 0 aromatic heterocycles. The van der Waals surface area contributed by atoms with E-state index < -0.39 is 0 Å². The first-order valence-electron chi connectivity index (χ1n) is 5.28. The molecule has 78 valence electrons. The third-order valence-corrected chi connectivity index (χ3v) is 3.99. The van der Waals surface area contributed by atoms with Crippen molar-refractivity contribution in [2.75, 3.05) is 25.4 Å². The summed E-state index contributed by atoms with van der Waals surface area (Å²) in [5.74, 6) is 1.23. The molecule has 0 bridgehead atoms. The van der Waals surface area contributed by atoms with Crippen molar-refractivity contribution >= 4 is 11.8 Å². The maximum Gasteiger partial charge on any atom is 0.0664 e. The van der Waals surface area contributed by atoms with E-state index in [1.54, 1.807) is 0 Å². The molecule has 1 N–H and O–H groups in total. The van der Waals surface area contributed by atoms with Crippen molar-refractivity contribution in [3.05, 3.63) is 0 Å². The first-order chi connectivity index (χ1) is 6.26. The molecule has 1 aliphatic rings. The van der Waals surface area contributed by atoms with Crippen LogP contribution in [0.4, 0.5) is 0 Å². The second kappa shape index (κ2) is 5.89. The maximum atomic E-state index is 9.52. The average Bonchev–Trinajstić information content (AvgIpc) is 2.18. The van der Waals surface area contributed by atoms with Gasteiger partial charge in [0.05, 0.1) is 6.10 Å². The first-order valence-corrected chi connectivity index (χ1v) is 6.33. The van der Waals surface area contributed by atoms with E-state index in [4.69, 9.17) is 0 Å². The van der Waals surface area contributed by atoms with Crippen molar-refractivity contribution in [1.82, 2.24) is 4.90 Å². The third-order valence-electron chi connectivity index (χ3n) is 2.62. The molecule has 0 aromatic rings. The lowest BCUT2D eigenvalue weighted by Gasteiger charge is -2.32. The Kier molecular flexibility index (Phi) is 5.14. The SMILES string of the molecule is CCC(O)CN1CCSC(CC)C1. The molecule has 0 radical (unpaired) electrons. The van der Waals surface area contributed by atoms with Gasteiger partial charge in [0.1, 0.15) is 0 Å². The Morgan fingerprint density at radius 3 is 2.92 bits per heavy atom. The van der Waals surface area contributed by atoms with Crippen LogP contribution in [0.5, 0.6) is 0 Å². The molecular weight excluding hydrogens is 182 g/mol. The second-order valence-electron chi connectivity index (χ2n) is 3.72. The zero-order valence-electron chi connectivity index (χ0n) is 8.70. The quantitative estimate of drug-likeness (QED) is 0.750. The van der Waals surface area contributed by atoms with Crippen LogP contribution in [-0.4, -0.2) is 46.7 Å². The monoisotopic (exact) mass is 203 g/mol. The number of hydrogen-bond donors (Lipinski definition) is 1. The predicted octanol–water partition coefficient (Wildman–Crippen LogP) is 1.58. The van der Waals surface area contributed by atoms with Crippen molar-refractivity contribution < 1.29 is 5.11 Å². The van der Waals surface area contributed by atoms with Crippen LogP contribution in [0.1, 0.15) is 26.7 Å². The Labute approximate surface area is 85.7 Å². The predicted molar refractivity (Wildman–Crippen MR) is 59.3 cm³/mol. The van der Waals surface area contributed by atoms with E-state index in [-0.39, 0.29) is 6.10 Å². The first kappa shape index (κ1) is 11.3. The summed E-state index contributed by atoms with van der Waals surface area (Å²) < 4.78 is 0. The summed E-state index contributed by atoms with van der Waals surface area (Å²) in [6.45, 7) is 7.47. The fourth-order valence-corrected chi connectivity index (χ4v) is 2.87. The van der Waals surface area contributed by atoms with Gasteiger partial charge in [-0.05, 0) is 12.8 Å². The Bertz CT molecular complexity index is 141. The molecule has 2 unspecified atom stereocenters. The van der Waals surface area contributed by atoms with Gasteiger partial charge >= 0.3 is 0 Å². The van der Waals surface area contributed by atoms with Gasteiger partial charge in [0, 0.05) is 30.6 Å². The summed E-state index contributed by atoms with van der Waals surface area (Å²) in [5, 5.41) is 10.3. The van der Waals surface area contributed by atoms with Gasteiger partial charge in [-0.25, -0.2) is 0 Å². The molecular formula is C10H21NOS. The van der Waals surface area contributed by atoms with Crippen LogP contribution in [0.25, 0.3) is 0 Å². The summed E-state index contributed by atoms with van der Waals surface area (Å²) in [6.07, 6.45) is 2.00. The molecule has 13 heavy (non-hydrogen) atoms. The van der Waals surface area contributed by atoms with Crippen molar-refractivity contribution in [3.8, 4) is 0 Å². The maximum absolute atomic E-state index is 9.52. The van der Waals surface area contributed by atoms with Crippen molar-refractivity contribution in [3.63, 3.8) is 0 Å². The smallest absolute Gasteiger partial charge is 0.0664 e. The number of aliphatic hydroxyl groups is 1. The molecule has 1 heterocycles. The van der Waals surface area contributed by atoms with E-state index in [2.05, 4.69) is 23.6 Å². The normalized spacial score (nSPS) is 27.5. The van der Waals surface area contributed by atoms with Crippen LogP contribution >= 0.6 is 11.8 Å². The van der Waals surface area contributed by atoms with Crippen LogP contribution < -0.4 is 0 Å². The number of nitrogens with zero attached hydrogens (tertiary/aromatic N) is 1. The minimum atomic E-state index is -0.124. The fourth-order valence-electron chi connectivity index (χ4n) is 1.62. The van der Waals surface area contributed by atoms with Gasteiger partial charge in [0.2, 0.25) is 0 Å². The van der Waals surface area contributed by atoms with Crippen molar-refractivity contribution in [2.24, 2.45) is 0 Å². The minimum Gasteiger partial charge on any atom is -0.392 e.